The average molecular weight is 586 g/mol. The van der Waals surface area contributed by atoms with Gasteiger partial charge in [0.1, 0.15) is 22.1 Å². The number of nitrogens with one attached hydrogen (secondary N) is 3. The first kappa shape index (κ1) is 30.7. The Balaban J connectivity index is 0.000000559. The van der Waals surface area contributed by atoms with Crippen LogP contribution in [0.5, 0.6) is 5.75 Å². The molecule has 0 unspecified atom stereocenters. The third-order valence-corrected chi connectivity index (χ3v) is 7.48. The molecule has 0 saturated carbocycles. The number of halogens is 3. The molecule has 0 atom stereocenters. The Morgan fingerprint density at radius 1 is 1.25 bits per heavy atom. The molecule has 2 aliphatic rings. The van der Waals surface area contributed by atoms with Gasteiger partial charge in [-0.15, -0.1) is 11.3 Å². The molecule has 3 heterocycles. The average Bonchev–Trinajstić information content (AvgIpc) is 3.41. The van der Waals surface area contributed by atoms with Gasteiger partial charge in [-0.3, -0.25) is 19.9 Å². The minimum atomic E-state index is -5.08. The number of benzene rings is 1. The minimum Gasteiger partial charge on any atom is -0.495 e. The highest BCUT2D eigenvalue weighted by Gasteiger charge is 2.47. The number of nitrogens with zero attached hydrogens (tertiary/aromatic N) is 2. The number of anilines is 1. The molecule has 1 saturated heterocycles. The monoisotopic (exact) mass is 585 g/mol. The molecule has 4 amide bonds. The summed E-state index contributed by atoms with van der Waals surface area (Å²) in [6.45, 7) is 7.10. The van der Waals surface area contributed by atoms with Gasteiger partial charge in [-0.25, -0.2) is 9.59 Å². The van der Waals surface area contributed by atoms with E-state index in [2.05, 4.69) is 16.0 Å². The van der Waals surface area contributed by atoms with Gasteiger partial charge in [0.15, 0.2) is 0 Å². The van der Waals surface area contributed by atoms with Crippen molar-refractivity contribution in [3.8, 4) is 5.75 Å². The lowest BCUT2D eigenvalue weighted by molar-refractivity contribution is -0.192. The van der Waals surface area contributed by atoms with Gasteiger partial charge in [0, 0.05) is 30.9 Å². The summed E-state index contributed by atoms with van der Waals surface area (Å²) in [7, 11) is 1.58. The van der Waals surface area contributed by atoms with Crippen LogP contribution in [0.4, 0.5) is 23.0 Å². The van der Waals surface area contributed by atoms with Crippen molar-refractivity contribution in [2.45, 2.75) is 45.3 Å². The Bertz CT molecular complexity index is 1330. The second-order valence-corrected chi connectivity index (χ2v) is 10.4. The zero-order chi connectivity index (χ0) is 29.8. The molecule has 15 heteroatoms. The van der Waals surface area contributed by atoms with Crippen molar-refractivity contribution >= 4 is 56.1 Å². The number of ether oxygens (including phenoxy) is 1. The first-order chi connectivity index (χ1) is 18.7. The second kappa shape index (κ2) is 12.1. The molecule has 1 aromatic heterocycles. The number of aliphatic carboxylic acids is 1. The number of amidine groups is 1. The number of urea groups is 1. The van der Waals surface area contributed by atoms with Crippen LogP contribution < -0.4 is 20.7 Å². The molecule has 218 valence electrons. The summed E-state index contributed by atoms with van der Waals surface area (Å²) in [6, 6.07) is 5.15. The maximum Gasteiger partial charge on any atom is 0.490 e. The number of hydrogen-bond acceptors (Lipinski definition) is 7. The van der Waals surface area contributed by atoms with E-state index in [4.69, 9.17) is 19.6 Å². The van der Waals surface area contributed by atoms with E-state index in [1.165, 1.54) is 11.3 Å². The Labute approximate surface area is 231 Å². The largest absolute Gasteiger partial charge is 0.495 e. The van der Waals surface area contributed by atoms with Crippen molar-refractivity contribution in [2.75, 3.05) is 32.1 Å². The molecule has 0 aliphatic carbocycles. The lowest BCUT2D eigenvalue weighted by Crippen LogP contribution is -2.50. The number of fused-ring (bicyclic) bond motifs is 1. The number of carbonyl (C=O) groups excluding carboxylic acids is 3. The van der Waals surface area contributed by atoms with Gasteiger partial charge in [-0.2, -0.15) is 13.2 Å². The third-order valence-electron chi connectivity index (χ3n) is 6.34. The van der Waals surface area contributed by atoms with Crippen LogP contribution in [-0.4, -0.2) is 78.1 Å². The van der Waals surface area contributed by atoms with Crippen molar-refractivity contribution in [1.29, 1.82) is 0 Å². The smallest absolute Gasteiger partial charge is 0.490 e. The van der Waals surface area contributed by atoms with E-state index in [1.807, 2.05) is 39.0 Å². The van der Waals surface area contributed by atoms with Gasteiger partial charge in [-0.05, 0) is 25.8 Å². The number of carboxylic acid groups (broad SMARTS) is 1. The molecule has 2 aromatic rings. The van der Waals surface area contributed by atoms with Crippen molar-refractivity contribution < 1.29 is 42.2 Å². The van der Waals surface area contributed by atoms with E-state index in [-0.39, 0.29) is 23.8 Å². The van der Waals surface area contributed by atoms with Gasteiger partial charge < -0.3 is 25.4 Å². The number of aliphatic imine (C=N–C) groups is 1. The van der Waals surface area contributed by atoms with Crippen LogP contribution in [0.15, 0.2) is 23.2 Å². The van der Waals surface area contributed by atoms with Gasteiger partial charge in [0.25, 0.3) is 11.8 Å². The highest BCUT2D eigenvalue weighted by Crippen LogP contribution is 2.42. The zero-order valence-electron chi connectivity index (χ0n) is 22.3. The maximum atomic E-state index is 13.7. The quantitative estimate of drug-likeness (QED) is 0.419. The van der Waals surface area contributed by atoms with Gasteiger partial charge >= 0.3 is 18.2 Å². The Morgan fingerprint density at radius 2 is 1.88 bits per heavy atom. The summed E-state index contributed by atoms with van der Waals surface area (Å²) in [5.74, 6) is -1.52. The number of carboxylic acids is 1. The molecule has 0 bridgehead atoms. The number of hydrogen-bond donors (Lipinski definition) is 4. The van der Waals surface area contributed by atoms with Crippen LogP contribution >= 0.6 is 11.3 Å². The van der Waals surface area contributed by atoms with Gasteiger partial charge in [-0.1, -0.05) is 26.0 Å². The fourth-order valence-electron chi connectivity index (χ4n) is 4.25. The minimum absolute atomic E-state index is 0.0809. The zero-order valence-corrected chi connectivity index (χ0v) is 23.1. The number of methoxy groups -OCH3 is 1. The van der Waals surface area contributed by atoms with E-state index in [0.717, 1.165) is 10.1 Å². The molecule has 1 spiro atoms. The molecule has 1 fully saturated rings. The lowest BCUT2D eigenvalue weighted by atomic mass is 9.87. The van der Waals surface area contributed by atoms with Crippen LogP contribution in [-0.2, 0) is 9.59 Å². The number of piperidine rings is 1. The Hall–Kier alpha value is -3.88. The van der Waals surface area contributed by atoms with Crippen molar-refractivity contribution in [1.82, 2.24) is 15.5 Å². The van der Waals surface area contributed by atoms with Crippen LogP contribution in [0.3, 0.4) is 0 Å². The first-order valence-corrected chi connectivity index (χ1v) is 13.2. The molecular weight excluding hydrogens is 555 g/mol. The van der Waals surface area contributed by atoms with E-state index in [1.54, 1.807) is 12.0 Å². The fraction of sp³-hybridized carbons (Fsp3) is 0.480. The molecular formula is C25H30F3N5O6S. The summed E-state index contributed by atoms with van der Waals surface area (Å²) >= 11 is 1.31. The third kappa shape index (κ3) is 6.46. The number of carbonyl (C=O) groups is 4. The van der Waals surface area contributed by atoms with Crippen molar-refractivity contribution in [3.05, 3.63) is 23.8 Å². The lowest BCUT2D eigenvalue weighted by Gasteiger charge is -2.35. The number of alkyl halides is 3. The Morgan fingerprint density at radius 3 is 2.38 bits per heavy atom. The summed E-state index contributed by atoms with van der Waals surface area (Å²) in [4.78, 5) is 53.9. The fourth-order valence-corrected chi connectivity index (χ4v) is 5.43. The van der Waals surface area contributed by atoms with E-state index in [0.29, 0.717) is 54.6 Å². The number of thiophene rings is 1. The van der Waals surface area contributed by atoms with Gasteiger partial charge in [0.05, 0.1) is 17.4 Å². The summed E-state index contributed by atoms with van der Waals surface area (Å²) < 4.78 is 38.0. The summed E-state index contributed by atoms with van der Waals surface area (Å²) in [5.41, 5.74) is -0.350. The molecule has 40 heavy (non-hydrogen) atoms. The van der Waals surface area contributed by atoms with Crippen molar-refractivity contribution in [3.63, 3.8) is 0 Å². The van der Waals surface area contributed by atoms with Crippen LogP contribution in [0.2, 0.25) is 0 Å². The highest BCUT2D eigenvalue weighted by atomic mass is 32.1. The van der Waals surface area contributed by atoms with Crippen molar-refractivity contribution in [2.24, 2.45) is 10.9 Å². The number of likely N-dealkylation sites (tertiary alicyclic amines) is 1. The topological polar surface area (TPSA) is 149 Å². The molecule has 0 radical (unpaired) electrons. The van der Waals surface area contributed by atoms with E-state index < -0.39 is 17.7 Å². The summed E-state index contributed by atoms with van der Waals surface area (Å²) in [6.07, 6.45) is -4.16. The standard InChI is InChI=1S/C23H29N5O4S.C2HF3O2/c1-5-24-22(31)26-19-16(14-7-6-8-15(32-4)17(14)33-19)20(29)28-11-9-23(10-12-28)21(30)25-18(27-23)13(2)3;3-2(4,5)1(6)7/h6-8,13H,5,9-12H2,1-4H3,(H2,24,26,31)(H,25,27,30);(H,6,7). The van der Waals surface area contributed by atoms with Gasteiger partial charge in [0.2, 0.25) is 0 Å². The van der Waals surface area contributed by atoms with Crippen LogP contribution in [0, 0.1) is 5.92 Å². The second-order valence-electron chi connectivity index (χ2n) is 9.36. The molecule has 4 N–H and O–H groups in total. The summed E-state index contributed by atoms with van der Waals surface area (Å²) in [5, 5.41) is 16.8. The van der Waals surface area contributed by atoms with Crippen LogP contribution in [0.25, 0.3) is 10.1 Å². The SMILES string of the molecule is CCNC(=O)Nc1sc2c(OC)cccc2c1C(=O)N1CCC2(CC1)N=C(C(C)C)NC2=O.O=C(O)C(F)(F)F. The molecule has 2 aliphatic heterocycles. The normalized spacial score (nSPS) is 16.2. The number of amides is 4. The predicted octanol–water partition coefficient (Wildman–Crippen LogP) is 3.84. The molecule has 11 nitrogen and oxygen atoms in total. The highest BCUT2D eigenvalue weighted by molar-refractivity contribution is 7.23. The van der Waals surface area contributed by atoms with Crippen LogP contribution in [0.1, 0.15) is 44.0 Å². The predicted molar refractivity (Wildman–Crippen MR) is 143 cm³/mol. The first-order valence-electron chi connectivity index (χ1n) is 12.4. The van der Waals surface area contributed by atoms with E-state index >= 15 is 0 Å². The number of rotatable bonds is 5. The molecule has 4 rings (SSSR count). The Kier molecular flexibility index (Phi) is 9.28. The maximum absolute atomic E-state index is 13.7. The van der Waals surface area contributed by atoms with E-state index in [9.17, 15) is 27.6 Å². The molecule has 1 aromatic carbocycles.